The Kier molecular flexibility index (Phi) is 5.97. The summed E-state index contributed by atoms with van der Waals surface area (Å²) < 4.78 is 6.94. The summed E-state index contributed by atoms with van der Waals surface area (Å²) in [5, 5.41) is 11.4. The molecule has 0 spiro atoms. The van der Waals surface area contributed by atoms with Crippen LogP contribution < -0.4 is 5.32 Å². The van der Waals surface area contributed by atoms with E-state index in [0.29, 0.717) is 16.4 Å². The fourth-order valence-corrected chi connectivity index (χ4v) is 2.57. The summed E-state index contributed by atoms with van der Waals surface area (Å²) in [6, 6.07) is 6.59. The third kappa shape index (κ3) is 4.82. The summed E-state index contributed by atoms with van der Waals surface area (Å²) in [5.74, 6) is 0.486. The van der Waals surface area contributed by atoms with Crippen LogP contribution in [0.3, 0.4) is 0 Å². The van der Waals surface area contributed by atoms with Crippen LogP contribution in [0.15, 0.2) is 29.4 Å². The molecular formula is C16H20N4O3S. The number of thioether (sulfide) groups is 1. The van der Waals surface area contributed by atoms with Gasteiger partial charge in [-0.05, 0) is 45.0 Å². The molecule has 7 nitrogen and oxygen atoms in total. The maximum absolute atomic E-state index is 12.0. The number of nitrogens with one attached hydrogen (secondary N) is 1. The van der Waals surface area contributed by atoms with E-state index < -0.39 is 0 Å². The summed E-state index contributed by atoms with van der Waals surface area (Å²) in [6.07, 6.45) is -0.168. The zero-order chi connectivity index (χ0) is 17.7. The molecule has 0 bridgehead atoms. The minimum atomic E-state index is -0.379. The van der Waals surface area contributed by atoms with Crippen LogP contribution in [0.4, 0.5) is 5.69 Å². The first-order valence-electron chi connectivity index (χ1n) is 7.46. The number of carbonyl (C=O) groups is 2. The number of hydrogen-bond acceptors (Lipinski definition) is 6. The lowest BCUT2D eigenvalue weighted by Crippen LogP contribution is -2.15. The number of anilines is 1. The zero-order valence-electron chi connectivity index (χ0n) is 14.1. The molecule has 1 heterocycles. The van der Waals surface area contributed by atoms with E-state index in [1.165, 1.54) is 11.8 Å². The van der Waals surface area contributed by atoms with Crippen molar-refractivity contribution in [1.82, 2.24) is 14.8 Å². The van der Waals surface area contributed by atoms with Crippen LogP contribution >= 0.6 is 11.8 Å². The van der Waals surface area contributed by atoms with Crippen LogP contribution in [0, 0.1) is 6.92 Å². The van der Waals surface area contributed by atoms with E-state index in [-0.39, 0.29) is 23.7 Å². The van der Waals surface area contributed by atoms with Crippen molar-refractivity contribution in [3.8, 4) is 0 Å². The lowest BCUT2D eigenvalue weighted by atomic mass is 10.2. The van der Waals surface area contributed by atoms with Crippen molar-refractivity contribution in [1.29, 1.82) is 0 Å². The normalized spacial score (nSPS) is 10.7. The van der Waals surface area contributed by atoms with Gasteiger partial charge in [0.05, 0.1) is 17.4 Å². The number of aromatic nitrogens is 3. The molecule has 1 aromatic heterocycles. The first kappa shape index (κ1) is 18.0. The van der Waals surface area contributed by atoms with Gasteiger partial charge in [0.2, 0.25) is 5.91 Å². The standard InChI is InChI=1S/C16H20N4O3S/c1-10(2)23-15(22)12-5-7-13(8-6-12)17-14(21)9-24-16-19-18-11(3)20(16)4/h5-8,10H,9H2,1-4H3,(H,17,21). The van der Waals surface area contributed by atoms with Gasteiger partial charge in [-0.25, -0.2) is 4.79 Å². The molecule has 0 unspecified atom stereocenters. The monoisotopic (exact) mass is 348 g/mol. The van der Waals surface area contributed by atoms with Crippen molar-refractivity contribution in [2.75, 3.05) is 11.1 Å². The fourth-order valence-electron chi connectivity index (χ4n) is 1.81. The van der Waals surface area contributed by atoms with Crippen molar-refractivity contribution in [3.63, 3.8) is 0 Å². The van der Waals surface area contributed by atoms with Gasteiger partial charge in [0.1, 0.15) is 5.82 Å². The molecule has 0 aliphatic carbocycles. The Hall–Kier alpha value is -2.35. The average molecular weight is 348 g/mol. The summed E-state index contributed by atoms with van der Waals surface area (Å²) in [5.41, 5.74) is 1.07. The van der Waals surface area contributed by atoms with Crippen LogP contribution in [0.5, 0.6) is 0 Å². The van der Waals surface area contributed by atoms with Crippen molar-refractivity contribution in [2.24, 2.45) is 7.05 Å². The average Bonchev–Trinajstić information content (AvgIpc) is 2.84. The molecule has 2 aromatic rings. The molecule has 0 saturated heterocycles. The molecule has 0 aliphatic rings. The van der Waals surface area contributed by atoms with E-state index >= 15 is 0 Å². The van der Waals surface area contributed by atoms with Gasteiger partial charge in [-0.3, -0.25) is 4.79 Å². The molecule has 0 radical (unpaired) electrons. The number of amides is 1. The van der Waals surface area contributed by atoms with Crippen LogP contribution in [0.2, 0.25) is 0 Å². The SMILES string of the molecule is Cc1nnc(SCC(=O)Nc2ccc(C(=O)OC(C)C)cc2)n1C. The Morgan fingerprint density at radius 1 is 1.25 bits per heavy atom. The van der Waals surface area contributed by atoms with E-state index in [2.05, 4.69) is 15.5 Å². The topological polar surface area (TPSA) is 86.1 Å². The van der Waals surface area contributed by atoms with Crippen molar-refractivity contribution < 1.29 is 14.3 Å². The van der Waals surface area contributed by atoms with Crippen LogP contribution in [-0.2, 0) is 16.6 Å². The van der Waals surface area contributed by atoms with Gasteiger partial charge < -0.3 is 14.6 Å². The van der Waals surface area contributed by atoms with E-state index in [0.717, 1.165) is 5.82 Å². The second kappa shape index (κ2) is 7.96. The van der Waals surface area contributed by atoms with E-state index in [4.69, 9.17) is 4.74 Å². The number of benzene rings is 1. The number of rotatable bonds is 6. The minimum Gasteiger partial charge on any atom is -0.459 e. The number of carbonyl (C=O) groups excluding carboxylic acids is 2. The van der Waals surface area contributed by atoms with Crippen molar-refractivity contribution in [3.05, 3.63) is 35.7 Å². The molecule has 0 fully saturated rings. The number of nitrogens with zero attached hydrogens (tertiary/aromatic N) is 3. The van der Waals surface area contributed by atoms with Crippen molar-refractivity contribution >= 4 is 29.3 Å². The van der Waals surface area contributed by atoms with Crippen LogP contribution in [0.25, 0.3) is 0 Å². The van der Waals surface area contributed by atoms with Crippen LogP contribution in [0.1, 0.15) is 30.0 Å². The highest BCUT2D eigenvalue weighted by atomic mass is 32.2. The highest BCUT2D eigenvalue weighted by Gasteiger charge is 2.11. The third-order valence-corrected chi connectivity index (χ3v) is 4.15. The molecule has 0 atom stereocenters. The maximum atomic E-state index is 12.0. The molecule has 0 saturated carbocycles. The highest BCUT2D eigenvalue weighted by molar-refractivity contribution is 7.99. The molecule has 8 heteroatoms. The summed E-state index contributed by atoms with van der Waals surface area (Å²) in [7, 11) is 1.85. The first-order chi connectivity index (χ1) is 11.4. The Bertz CT molecular complexity index is 725. The predicted octanol–water partition coefficient (Wildman–Crippen LogP) is 2.42. The quantitative estimate of drug-likeness (QED) is 0.637. The molecule has 2 rings (SSSR count). The second-order valence-electron chi connectivity index (χ2n) is 5.46. The van der Waals surface area contributed by atoms with Gasteiger partial charge in [-0.1, -0.05) is 11.8 Å². The number of esters is 1. The Morgan fingerprint density at radius 3 is 2.46 bits per heavy atom. The molecule has 1 amide bonds. The molecule has 0 aliphatic heterocycles. The van der Waals surface area contributed by atoms with Gasteiger partial charge in [0.15, 0.2) is 5.16 Å². The van der Waals surface area contributed by atoms with Gasteiger partial charge in [-0.15, -0.1) is 10.2 Å². The van der Waals surface area contributed by atoms with E-state index in [9.17, 15) is 9.59 Å². The van der Waals surface area contributed by atoms with Gasteiger partial charge >= 0.3 is 5.97 Å². The smallest absolute Gasteiger partial charge is 0.338 e. The largest absolute Gasteiger partial charge is 0.459 e. The van der Waals surface area contributed by atoms with E-state index in [1.807, 2.05) is 18.5 Å². The van der Waals surface area contributed by atoms with Gasteiger partial charge in [0.25, 0.3) is 0 Å². The summed E-state index contributed by atoms with van der Waals surface area (Å²) >= 11 is 1.31. The number of aryl methyl sites for hydroxylation is 1. The molecule has 128 valence electrons. The maximum Gasteiger partial charge on any atom is 0.338 e. The molecule has 24 heavy (non-hydrogen) atoms. The highest BCUT2D eigenvalue weighted by Crippen LogP contribution is 2.16. The van der Waals surface area contributed by atoms with Crippen molar-refractivity contribution in [2.45, 2.75) is 32.0 Å². The number of hydrogen-bond donors (Lipinski definition) is 1. The molecule has 1 aromatic carbocycles. The lowest BCUT2D eigenvalue weighted by molar-refractivity contribution is -0.113. The minimum absolute atomic E-state index is 0.154. The third-order valence-electron chi connectivity index (χ3n) is 3.13. The van der Waals surface area contributed by atoms with Gasteiger partial charge in [-0.2, -0.15) is 0 Å². The summed E-state index contributed by atoms with van der Waals surface area (Å²) in [6.45, 7) is 5.44. The number of ether oxygens (including phenoxy) is 1. The second-order valence-corrected chi connectivity index (χ2v) is 6.40. The van der Waals surface area contributed by atoms with Crippen LogP contribution in [-0.4, -0.2) is 38.5 Å². The van der Waals surface area contributed by atoms with E-state index in [1.54, 1.807) is 38.1 Å². The zero-order valence-corrected chi connectivity index (χ0v) is 14.9. The first-order valence-corrected chi connectivity index (χ1v) is 8.45. The Labute approximate surface area is 144 Å². The predicted molar refractivity (Wildman–Crippen MR) is 92.1 cm³/mol. The summed E-state index contributed by atoms with van der Waals surface area (Å²) in [4.78, 5) is 23.7. The fraction of sp³-hybridized carbons (Fsp3) is 0.375. The Balaban J connectivity index is 1.87. The lowest BCUT2D eigenvalue weighted by Gasteiger charge is -2.09. The Morgan fingerprint density at radius 2 is 1.92 bits per heavy atom. The molecular weight excluding hydrogens is 328 g/mol. The molecule has 1 N–H and O–H groups in total. The van der Waals surface area contributed by atoms with Gasteiger partial charge in [0, 0.05) is 12.7 Å².